The molecular weight excluding hydrogens is 948 g/mol. The maximum absolute atomic E-state index is 14.0. The zero-order valence-corrected chi connectivity index (χ0v) is 41.8. The highest BCUT2D eigenvalue weighted by Gasteiger charge is 2.51. The largest absolute Gasteiger partial charge is 0.491 e. The zero-order valence-electron chi connectivity index (χ0n) is 40.2. The van der Waals surface area contributed by atoms with Gasteiger partial charge in [0.2, 0.25) is 17.7 Å². The molecule has 4 aromatic rings. The summed E-state index contributed by atoms with van der Waals surface area (Å²) in [6, 6.07) is 17.5. The Morgan fingerprint density at radius 2 is 1.56 bits per heavy atom. The van der Waals surface area contributed by atoms with Gasteiger partial charge in [0.05, 0.1) is 78.0 Å². The van der Waals surface area contributed by atoms with Crippen LogP contribution in [0.4, 0.5) is 24.5 Å². The number of alkyl halides is 3. The van der Waals surface area contributed by atoms with Crippen molar-refractivity contribution in [1.82, 2.24) is 20.5 Å². The molecule has 3 heterocycles. The molecule has 2 fully saturated rings. The van der Waals surface area contributed by atoms with Crippen molar-refractivity contribution in [2.75, 3.05) is 62.6 Å². The number of benzene rings is 3. The van der Waals surface area contributed by atoms with E-state index in [1.54, 1.807) is 65.3 Å². The van der Waals surface area contributed by atoms with Crippen LogP contribution in [0.15, 0.2) is 72.2 Å². The first-order valence-electron chi connectivity index (χ1n) is 22.8. The molecule has 0 aliphatic carbocycles. The minimum atomic E-state index is -4.81. The summed E-state index contributed by atoms with van der Waals surface area (Å²) in [5.41, 5.74) is 1.60. The van der Waals surface area contributed by atoms with Crippen molar-refractivity contribution in [3.8, 4) is 22.3 Å². The number of nitriles is 1. The standard InChI is InChI=1S/C50H58F3N7O8S2/c1-31(33-10-12-34(13-11-33)42-32(2)55-30-70-42)56-44(62)40-9-8-20-58(40)45(63)43(48(3,4)5)57-41(61)29-67-24-23-65-21-22-66-25-26-68-38-18-16-36(17-19-38)60-47(69)59(46(64)49(60,6)7)37-15-14-35(28-54)39(27-37)50(51,52)53/h10-19,27,30-31,40,43H,8-9,20-26,29H2,1-7H3,(H,56,62)(H,57,61)/t31-,40-,43+/m0/s1. The number of nitrogens with zero attached hydrogens (tertiary/aromatic N) is 5. The molecule has 1 aromatic heterocycles. The third-order valence-corrected chi connectivity index (χ3v) is 13.3. The van der Waals surface area contributed by atoms with Crippen LogP contribution in [0.2, 0.25) is 0 Å². The fourth-order valence-electron chi connectivity index (χ4n) is 8.19. The molecule has 15 nitrogen and oxygen atoms in total. The third kappa shape index (κ3) is 12.7. The van der Waals surface area contributed by atoms with Gasteiger partial charge in [-0.05, 0) is 112 Å². The van der Waals surface area contributed by atoms with Gasteiger partial charge in [-0.25, -0.2) is 4.98 Å². The molecule has 0 spiro atoms. The van der Waals surface area contributed by atoms with Crippen molar-refractivity contribution >= 4 is 63.7 Å². The number of halogens is 3. The number of ether oxygens (including phenoxy) is 4. The first-order valence-corrected chi connectivity index (χ1v) is 24.1. The van der Waals surface area contributed by atoms with Crippen LogP contribution in [0.3, 0.4) is 0 Å². The number of hydrogen-bond acceptors (Lipinski definition) is 12. The Labute approximate surface area is 415 Å². The van der Waals surface area contributed by atoms with Gasteiger partial charge in [0.25, 0.3) is 5.91 Å². The van der Waals surface area contributed by atoms with Gasteiger partial charge in [0, 0.05) is 12.2 Å². The Morgan fingerprint density at radius 3 is 2.16 bits per heavy atom. The molecule has 0 radical (unpaired) electrons. The van der Waals surface area contributed by atoms with Crippen molar-refractivity contribution in [2.45, 2.75) is 91.1 Å². The highest BCUT2D eigenvalue weighted by molar-refractivity contribution is 7.81. The van der Waals surface area contributed by atoms with Crippen LogP contribution < -0.4 is 25.2 Å². The lowest BCUT2D eigenvalue weighted by molar-refractivity contribution is -0.144. The molecule has 70 heavy (non-hydrogen) atoms. The molecule has 2 N–H and O–H groups in total. The quantitative estimate of drug-likeness (QED) is 0.0652. The molecule has 0 saturated carbocycles. The molecule has 4 amide bonds. The molecule has 3 aromatic carbocycles. The monoisotopic (exact) mass is 1010 g/mol. The number of nitrogens with one attached hydrogen (secondary N) is 2. The van der Waals surface area contributed by atoms with E-state index in [1.807, 2.05) is 64.4 Å². The molecular formula is C50H58F3N7O8S2. The van der Waals surface area contributed by atoms with E-state index in [1.165, 1.54) is 6.07 Å². The molecule has 2 aliphatic rings. The van der Waals surface area contributed by atoms with Crippen LogP contribution in [-0.2, 0) is 39.6 Å². The van der Waals surface area contributed by atoms with Crippen LogP contribution >= 0.6 is 23.6 Å². The van der Waals surface area contributed by atoms with E-state index < -0.39 is 52.2 Å². The summed E-state index contributed by atoms with van der Waals surface area (Å²) in [6.07, 6.45) is -3.62. The highest BCUT2D eigenvalue weighted by atomic mass is 32.1. The SMILES string of the molecule is Cc1ncsc1-c1ccc([C@H](C)NC(=O)[C@@H]2CCCN2C(=O)[C@@H](NC(=O)COCCOCCOCCOc2ccc(N3C(=S)N(c4ccc(C#N)c(C(F)(F)F)c4)C(=O)C3(C)C)cc2)C(C)(C)C)cc1. The number of amides is 4. The average molecular weight is 1010 g/mol. The predicted molar refractivity (Wildman–Crippen MR) is 262 cm³/mol. The van der Waals surface area contributed by atoms with Gasteiger partial charge < -0.3 is 39.4 Å². The minimum absolute atomic E-state index is 0.0184. The summed E-state index contributed by atoms with van der Waals surface area (Å²) >= 11 is 7.19. The Morgan fingerprint density at radius 1 is 0.929 bits per heavy atom. The maximum Gasteiger partial charge on any atom is 0.417 e. The van der Waals surface area contributed by atoms with Gasteiger partial charge in [-0.15, -0.1) is 11.3 Å². The van der Waals surface area contributed by atoms with Crippen molar-refractivity contribution in [2.24, 2.45) is 5.41 Å². The van der Waals surface area contributed by atoms with Gasteiger partial charge in [-0.2, -0.15) is 18.4 Å². The number of aromatic nitrogens is 1. The van der Waals surface area contributed by atoms with Crippen molar-refractivity contribution in [3.63, 3.8) is 0 Å². The normalized spacial score (nSPS) is 16.8. The predicted octanol–water partition coefficient (Wildman–Crippen LogP) is 7.75. The number of hydrogen-bond donors (Lipinski definition) is 2. The van der Waals surface area contributed by atoms with E-state index in [0.717, 1.165) is 38.7 Å². The van der Waals surface area contributed by atoms with E-state index in [4.69, 9.17) is 31.2 Å². The lowest BCUT2D eigenvalue weighted by Gasteiger charge is -2.35. The first kappa shape index (κ1) is 53.4. The number of anilines is 2. The van der Waals surface area contributed by atoms with Crippen molar-refractivity contribution in [1.29, 1.82) is 5.26 Å². The van der Waals surface area contributed by atoms with Gasteiger partial charge in [-0.3, -0.25) is 24.1 Å². The number of likely N-dealkylation sites (tertiary alicyclic amines) is 1. The van der Waals surface area contributed by atoms with Crippen molar-refractivity contribution in [3.05, 3.63) is 94.6 Å². The fourth-order valence-corrected chi connectivity index (χ4v) is 9.52. The van der Waals surface area contributed by atoms with Crippen LogP contribution in [0.5, 0.6) is 5.75 Å². The van der Waals surface area contributed by atoms with Crippen molar-refractivity contribution < 1.29 is 51.3 Å². The number of thiocarbonyl (C=S) groups is 1. The lowest BCUT2D eigenvalue weighted by Crippen LogP contribution is -2.58. The van der Waals surface area contributed by atoms with E-state index in [2.05, 4.69) is 15.6 Å². The Kier molecular flexibility index (Phi) is 17.4. The summed E-state index contributed by atoms with van der Waals surface area (Å²) in [6.45, 7) is 14.1. The lowest BCUT2D eigenvalue weighted by atomic mass is 9.85. The summed E-state index contributed by atoms with van der Waals surface area (Å²) in [4.78, 5) is 63.7. The second kappa shape index (κ2) is 22.8. The van der Waals surface area contributed by atoms with Gasteiger partial charge in [0.15, 0.2) is 5.11 Å². The van der Waals surface area contributed by atoms with Crippen LogP contribution in [-0.4, -0.2) is 109 Å². The average Bonchev–Trinajstić information content (AvgIpc) is 4.03. The first-order chi connectivity index (χ1) is 33.1. The second-order valence-corrected chi connectivity index (χ2v) is 19.7. The Hall–Kier alpha value is -5.98. The fraction of sp³-hybridized carbons (Fsp3) is 0.460. The van der Waals surface area contributed by atoms with E-state index >= 15 is 0 Å². The zero-order chi connectivity index (χ0) is 51.0. The maximum atomic E-state index is 14.0. The number of carbonyl (C=O) groups is 4. The van der Waals surface area contributed by atoms with Crippen LogP contribution in [0.1, 0.15) is 82.8 Å². The van der Waals surface area contributed by atoms with Gasteiger partial charge in [-0.1, -0.05) is 45.0 Å². The number of carbonyl (C=O) groups excluding carboxylic acids is 4. The van der Waals surface area contributed by atoms with Crippen LogP contribution in [0, 0.1) is 23.7 Å². The Balaban J connectivity index is 0.865. The molecule has 2 saturated heterocycles. The summed E-state index contributed by atoms with van der Waals surface area (Å²) in [7, 11) is 0. The summed E-state index contributed by atoms with van der Waals surface area (Å²) in [5, 5.41) is 15.1. The van der Waals surface area contributed by atoms with Gasteiger partial charge >= 0.3 is 6.18 Å². The minimum Gasteiger partial charge on any atom is -0.491 e. The number of rotatable bonds is 20. The second-order valence-electron chi connectivity index (χ2n) is 18.5. The molecule has 0 unspecified atom stereocenters. The molecule has 0 bridgehead atoms. The van der Waals surface area contributed by atoms with Crippen LogP contribution in [0.25, 0.3) is 10.4 Å². The number of thiazole rings is 1. The molecule has 374 valence electrons. The van der Waals surface area contributed by atoms with E-state index in [9.17, 15) is 37.6 Å². The van der Waals surface area contributed by atoms with Gasteiger partial charge in [0.1, 0.15) is 36.6 Å². The smallest absolute Gasteiger partial charge is 0.417 e. The molecule has 3 atom stereocenters. The molecule has 20 heteroatoms. The number of aryl methyl sites for hydroxylation is 1. The Bertz CT molecular complexity index is 2560. The molecule has 2 aliphatic heterocycles. The molecule has 6 rings (SSSR count). The topological polar surface area (TPSA) is 176 Å². The summed E-state index contributed by atoms with van der Waals surface area (Å²) in [5.74, 6) is -1.05. The van der Waals surface area contributed by atoms with E-state index in [-0.39, 0.29) is 74.9 Å². The third-order valence-electron chi connectivity index (χ3n) is 12.0. The van der Waals surface area contributed by atoms with E-state index in [0.29, 0.717) is 30.8 Å². The summed E-state index contributed by atoms with van der Waals surface area (Å²) < 4.78 is 63.6. The highest BCUT2D eigenvalue weighted by Crippen LogP contribution is 2.40.